The molecule has 2 aromatic heterocycles. The van der Waals surface area contributed by atoms with E-state index in [9.17, 15) is 4.79 Å². The fourth-order valence-corrected chi connectivity index (χ4v) is 2.09. The smallest absolute Gasteiger partial charge is 0.251 e. The van der Waals surface area contributed by atoms with E-state index >= 15 is 0 Å². The molecule has 2 heterocycles. The standard InChI is InChI=1S/C17H16N4O2/c1-11-3-4-14(9-12(11)2)17(22)19-10-15-20-16(21-23-15)13-5-7-18-8-6-13/h3-9H,10H2,1-2H3,(H,19,22). The van der Waals surface area contributed by atoms with Crippen molar-refractivity contribution in [2.75, 3.05) is 0 Å². The number of hydrogen-bond donors (Lipinski definition) is 1. The molecule has 0 aliphatic carbocycles. The molecular formula is C17H16N4O2. The third kappa shape index (κ3) is 3.42. The molecule has 116 valence electrons. The van der Waals surface area contributed by atoms with Crippen LogP contribution in [0.4, 0.5) is 0 Å². The molecule has 3 rings (SSSR count). The number of aromatic nitrogens is 3. The van der Waals surface area contributed by atoms with Gasteiger partial charge in [0.15, 0.2) is 0 Å². The van der Waals surface area contributed by atoms with Crippen LogP contribution in [-0.2, 0) is 6.54 Å². The molecule has 0 radical (unpaired) electrons. The number of amides is 1. The number of aryl methyl sites for hydroxylation is 2. The number of rotatable bonds is 4. The molecule has 0 atom stereocenters. The summed E-state index contributed by atoms with van der Waals surface area (Å²) in [6, 6.07) is 9.18. The Hall–Kier alpha value is -3.02. The molecule has 0 spiro atoms. The largest absolute Gasteiger partial charge is 0.343 e. The SMILES string of the molecule is Cc1ccc(C(=O)NCc2nc(-c3ccncc3)no2)cc1C. The Kier molecular flexibility index (Phi) is 4.14. The Bertz CT molecular complexity index is 828. The van der Waals surface area contributed by atoms with Crippen LogP contribution in [0.1, 0.15) is 27.4 Å². The Morgan fingerprint density at radius 2 is 1.91 bits per heavy atom. The average Bonchev–Trinajstić information content (AvgIpc) is 3.05. The second-order valence-corrected chi connectivity index (χ2v) is 5.23. The van der Waals surface area contributed by atoms with E-state index in [4.69, 9.17) is 4.52 Å². The number of nitrogens with one attached hydrogen (secondary N) is 1. The quantitative estimate of drug-likeness (QED) is 0.801. The van der Waals surface area contributed by atoms with Gasteiger partial charge in [0.1, 0.15) is 0 Å². The molecule has 1 N–H and O–H groups in total. The highest BCUT2D eigenvalue weighted by atomic mass is 16.5. The van der Waals surface area contributed by atoms with Gasteiger partial charge in [0.25, 0.3) is 5.91 Å². The van der Waals surface area contributed by atoms with Gasteiger partial charge < -0.3 is 9.84 Å². The maximum atomic E-state index is 12.1. The predicted octanol–water partition coefficient (Wildman–Crippen LogP) is 2.68. The van der Waals surface area contributed by atoms with E-state index in [1.807, 2.05) is 26.0 Å². The van der Waals surface area contributed by atoms with Crippen molar-refractivity contribution in [3.8, 4) is 11.4 Å². The van der Waals surface area contributed by atoms with Gasteiger partial charge in [-0.05, 0) is 49.2 Å². The van der Waals surface area contributed by atoms with E-state index in [1.165, 1.54) is 0 Å². The number of benzene rings is 1. The first-order valence-electron chi connectivity index (χ1n) is 7.22. The molecule has 0 saturated heterocycles. The fraction of sp³-hybridized carbons (Fsp3) is 0.176. The van der Waals surface area contributed by atoms with Crippen LogP contribution in [0.25, 0.3) is 11.4 Å². The highest BCUT2D eigenvalue weighted by Gasteiger charge is 2.11. The number of carbonyl (C=O) groups excluding carboxylic acids is 1. The first-order valence-corrected chi connectivity index (χ1v) is 7.22. The van der Waals surface area contributed by atoms with E-state index < -0.39 is 0 Å². The lowest BCUT2D eigenvalue weighted by molar-refractivity contribution is 0.0946. The molecule has 0 aliphatic rings. The van der Waals surface area contributed by atoms with Gasteiger partial charge >= 0.3 is 0 Å². The molecule has 1 amide bonds. The van der Waals surface area contributed by atoms with Crippen LogP contribution in [0.15, 0.2) is 47.2 Å². The van der Waals surface area contributed by atoms with E-state index in [-0.39, 0.29) is 12.5 Å². The second kappa shape index (κ2) is 6.39. The number of pyridine rings is 1. The van der Waals surface area contributed by atoms with Gasteiger partial charge in [-0.25, -0.2) is 0 Å². The summed E-state index contributed by atoms with van der Waals surface area (Å²) in [6.45, 7) is 4.17. The summed E-state index contributed by atoms with van der Waals surface area (Å²) in [7, 11) is 0. The van der Waals surface area contributed by atoms with Gasteiger partial charge in [-0.3, -0.25) is 9.78 Å². The van der Waals surface area contributed by atoms with Crippen molar-refractivity contribution in [2.24, 2.45) is 0 Å². The number of nitrogens with zero attached hydrogens (tertiary/aromatic N) is 3. The topological polar surface area (TPSA) is 80.9 Å². The third-order valence-electron chi connectivity index (χ3n) is 3.58. The molecule has 6 nitrogen and oxygen atoms in total. The molecule has 0 fully saturated rings. The van der Waals surface area contributed by atoms with Gasteiger partial charge in [-0.2, -0.15) is 4.98 Å². The Balaban J connectivity index is 1.65. The van der Waals surface area contributed by atoms with Crippen molar-refractivity contribution in [1.29, 1.82) is 0 Å². The van der Waals surface area contributed by atoms with Crippen molar-refractivity contribution < 1.29 is 9.32 Å². The van der Waals surface area contributed by atoms with Crippen LogP contribution in [0.5, 0.6) is 0 Å². The highest BCUT2D eigenvalue weighted by Crippen LogP contribution is 2.14. The lowest BCUT2D eigenvalue weighted by atomic mass is 10.1. The third-order valence-corrected chi connectivity index (χ3v) is 3.58. The summed E-state index contributed by atoms with van der Waals surface area (Å²) < 4.78 is 5.15. The molecule has 0 bridgehead atoms. The zero-order chi connectivity index (χ0) is 16.2. The zero-order valence-corrected chi connectivity index (χ0v) is 12.9. The molecule has 0 saturated carbocycles. The minimum absolute atomic E-state index is 0.170. The maximum Gasteiger partial charge on any atom is 0.251 e. The summed E-state index contributed by atoms with van der Waals surface area (Å²) in [4.78, 5) is 20.3. The van der Waals surface area contributed by atoms with Crippen molar-refractivity contribution in [2.45, 2.75) is 20.4 Å². The van der Waals surface area contributed by atoms with E-state index in [0.29, 0.717) is 17.3 Å². The van der Waals surface area contributed by atoms with Gasteiger partial charge in [0, 0.05) is 23.5 Å². The lowest BCUT2D eigenvalue weighted by Crippen LogP contribution is -2.23. The predicted molar refractivity (Wildman–Crippen MR) is 84.6 cm³/mol. The highest BCUT2D eigenvalue weighted by molar-refractivity contribution is 5.94. The van der Waals surface area contributed by atoms with Gasteiger partial charge in [0.05, 0.1) is 6.54 Å². The fourth-order valence-electron chi connectivity index (χ4n) is 2.09. The molecule has 23 heavy (non-hydrogen) atoms. The summed E-state index contributed by atoms with van der Waals surface area (Å²) in [6.07, 6.45) is 3.32. The van der Waals surface area contributed by atoms with Gasteiger partial charge in [0.2, 0.25) is 11.7 Å². The lowest BCUT2D eigenvalue weighted by Gasteiger charge is -2.05. The zero-order valence-electron chi connectivity index (χ0n) is 12.9. The molecular weight excluding hydrogens is 292 g/mol. The molecule has 3 aromatic rings. The molecule has 6 heteroatoms. The van der Waals surface area contributed by atoms with E-state index in [2.05, 4.69) is 20.4 Å². The van der Waals surface area contributed by atoms with Crippen molar-refractivity contribution in [3.05, 3.63) is 65.3 Å². The first kappa shape index (κ1) is 14.9. The van der Waals surface area contributed by atoms with Crippen LogP contribution < -0.4 is 5.32 Å². The van der Waals surface area contributed by atoms with Crippen molar-refractivity contribution in [1.82, 2.24) is 20.4 Å². The Labute approximate surface area is 133 Å². The van der Waals surface area contributed by atoms with Crippen molar-refractivity contribution >= 4 is 5.91 Å². The Morgan fingerprint density at radius 1 is 1.13 bits per heavy atom. The van der Waals surface area contributed by atoms with Crippen LogP contribution in [0.3, 0.4) is 0 Å². The summed E-state index contributed by atoms with van der Waals surface area (Å²) in [5.41, 5.74) is 3.66. The van der Waals surface area contributed by atoms with E-state index in [0.717, 1.165) is 16.7 Å². The first-order chi connectivity index (χ1) is 11.1. The summed E-state index contributed by atoms with van der Waals surface area (Å²) in [5, 5.41) is 6.68. The minimum Gasteiger partial charge on any atom is -0.343 e. The van der Waals surface area contributed by atoms with Gasteiger partial charge in [-0.15, -0.1) is 0 Å². The normalized spacial score (nSPS) is 10.5. The van der Waals surface area contributed by atoms with Gasteiger partial charge in [-0.1, -0.05) is 11.2 Å². The summed E-state index contributed by atoms with van der Waals surface area (Å²) >= 11 is 0. The van der Waals surface area contributed by atoms with Crippen LogP contribution in [0.2, 0.25) is 0 Å². The molecule has 1 aromatic carbocycles. The van der Waals surface area contributed by atoms with Crippen LogP contribution in [0, 0.1) is 13.8 Å². The summed E-state index contributed by atoms with van der Waals surface area (Å²) in [5.74, 6) is 0.661. The Morgan fingerprint density at radius 3 is 2.65 bits per heavy atom. The second-order valence-electron chi connectivity index (χ2n) is 5.23. The maximum absolute atomic E-state index is 12.1. The minimum atomic E-state index is -0.170. The molecule has 0 unspecified atom stereocenters. The number of carbonyl (C=O) groups is 1. The number of hydrogen-bond acceptors (Lipinski definition) is 5. The monoisotopic (exact) mass is 308 g/mol. The molecule has 0 aliphatic heterocycles. The van der Waals surface area contributed by atoms with Crippen LogP contribution >= 0.6 is 0 Å². The van der Waals surface area contributed by atoms with Crippen molar-refractivity contribution in [3.63, 3.8) is 0 Å². The van der Waals surface area contributed by atoms with E-state index in [1.54, 1.807) is 30.6 Å². The average molecular weight is 308 g/mol. The van der Waals surface area contributed by atoms with Crippen LogP contribution in [-0.4, -0.2) is 21.0 Å².